The van der Waals surface area contributed by atoms with Crippen LogP contribution in [-0.2, 0) is 9.84 Å². The molecule has 1 unspecified atom stereocenters. The predicted octanol–water partition coefficient (Wildman–Crippen LogP) is 4.87. The summed E-state index contributed by atoms with van der Waals surface area (Å²) in [5.74, 6) is -0.492. The molecular formula is C22H24ClFN4O2S. The van der Waals surface area contributed by atoms with E-state index < -0.39 is 15.7 Å². The van der Waals surface area contributed by atoms with Crippen LogP contribution in [0, 0.1) is 12.7 Å². The molecule has 2 heterocycles. The third kappa shape index (κ3) is 5.14. The van der Waals surface area contributed by atoms with Crippen molar-refractivity contribution < 1.29 is 12.8 Å². The van der Waals surface area contributed by atoms with Gasteiger partial charge in [0.05, 0.1) is 33.5 Å². The van der Waals surface area contributed by atoms with Crippen molar-refractivity contribution >= 4 is 27.1 Å². The molecule has 3 aromatic rings. The van der Waals surface area contributed by atoms with Gasteiger partial charge >= 0.3 is 0 Å². The fraction of sp³-hybridized carbons (Fsp3) is 0.273. The fourth-order valence-electron chi connectivity index (χ4n) is 3.31. The largest absolute Gasteiger partial charge is 0.378 e. The second kappa shape index (κ2) is 9.20. The van der Waals surface area contributed by atoms with E-state index in [0.29, 0.717) is 11.4 Å². The number of sulfone groups is 1. The van der Waals surface area contributed by atoms with Gasteiger partial charge in [0, 0.05) is 29.9 Å². The maximum absolute atomic E-state index is 13.5. The van der Waals surface area contributed by atoms with Gasteiger partial charge in [-0.05, 0) is 43.2 Å². The van der Waals surface area contributed by atoms with Gasteiger partial charge in [-0.3, -0.25) is 4.98 Å². The van der Waals surface area contributed by atoms with E-state index in [9.17, 15) is 12.8 Å². The minimum atomic E-state index is -3.36. The summed E-state index contributed by atoms with van der Waals surface area (Å²) >= 11 is 5.91. The number of nitrogens with one attached hydrogen (secondary N) is 1. The van der Waals surface area contributed by atoms with Gasteiger partial charge in [0.2, 0.25) is 0 Å². The zero-order valence-electron chi connectivity index (χ0n) is 17.6. The first kappa shape index (κ1) is 23.0. The summed E-state index contributed by atoms with van der Waals surface area (Å²) in [6.45, 7) is 8.08. The van der Waals surface area contributed by atoms with Gasteiger partial charge in [-0.15, -0.1) is 0 Å². The highest BCUT2D eigenvalue weighted by molar-refractivity contribution is 7.90. The molecule has 0 aliphatic carbocycles. The minimum absolute atomic E-state index is 0.0205. The van der Waals surface area contributed by atoms with Crippen LogP contribution in [-0.4, -0.2) is 29.4 Å². The molecule has 0 bridgehead atoms. The van der Waals surface area contributed by atoms with E-state index in [2.05, 4.69) is 22.0 Å². The Balaban J connectivity index is 1.88. The molecule has 0 amide bonds. The van der Waals surface area contributed by atoms with E-state index in [4.69, 9.17) is 11.6 Å². The molecule has 6 nitrogen and oxygen atoms in total. The first-order chi connectivity index (χ1) is 14.6. The van der Waals surface area contributed by atoms with Gasteiger partial charge < -0.3 is 5.32 Å². The number of halogens is 2. The SMILES string of the molecule is C=C(NC(CCC)c1cncc(S(C)(=O)=O)c1)c1cnn(-c2ccc(F)c(Cl)c2)c1C. The number of hydrogen-bond acceptors (Lipinski definition) is 5. The van der Waals surface area contributed by atoms with Crippen LogP contribution in [0.1, 0.15) is 42.6 Å². The van der Waals surface area contributed by atoms with Crippen molar-refractivity contribution in [2.45, 2.75) is 37.6 Å². The fourth-order valence-corrected chi connectivity index (χ4v) is 4.09. The Morgan fingerprint density at radius 2 is 2.03 bits per heavy atom. The Hall–Kier alpha value is -2.71. The van der Waals surface area contributed by atoms with Crippen molar-refractivity contribution in [2.24, 2.45) is 0 Å². The van der Waals surface area contributed by atoms with Crippen molar-refractivity contribution in [3.8, 4) is 5.69 Å². The number of pyridine rings is 1. The van der Waals surface area contributed by atoms with Crippen molar-refractivity contribution in [3.63, 3.8) is 0 Å². The van der Waals surface area contributed by atoms with Crippen molar-refractivity contribution in [1.82, 2.24) is 20.1 Å². The summed E-state index contributed by atoms with van der Waals surface area (Å²) in [6.07, 6.45) is 7.48. The van der Waals surface area contributed by atoms with Crippen LogP contribution in [0.5, 0.6) is 0 Å². The Kier molecular flexibility index (Phi) is 6.81. The molecule has 0 aliphatic rings. The van der Waals surface area contributed by atoms with E-state index in [1.807, 2.05) is 13.8 Å². The maximum atomic E-state index is 13.5. The minimum Gasteiger partial charge on any atom is -0.378 e. The molecule has 9 heteroatoms. The smallest absolute Gasteiger partial charge is 0.177 e. The zero-order chi connectivity index (χ0) is 22.8. The lowest BCUT2D eigenvalue weighted by atomic mass is 10.0. The molecule has 0 radical (unpaired) electrons. The summed E-state index contributed by atoms with van der Waals surface area (Å²) < 4.78 is 39.0. The van der Waals surface area contributed by atoms with Crippen LogP contribution in [0.15, 0.2) is 54.3 Å². The number of benzene rings is 1. The average Bonchev–Trinajstić information content (AvgIpc) is 3.10. The van der Waals surface area contributed by atoms with Crippen LogP contribution in [0.4, 0.5) is 4.39 Å². The van der Waals surface area contributed by atoms with E-state index in [1.54, 1.807) is 29.2 Å². The monoisotopic (exact) mass is 462 g/mol. The summed E-state index contributed by atoms with van der Waals surface area (Å²) in [6, 6.07) is 5.88. The standard InChI is InChI=1S/C22H24ClFN4O2S/c1-5-6-22(16-9-18(12-25-11-16)31(4,29)30)27-14(2)19-13-26-28(15(19)3)17-7-8-21(24)20(23)10-17/h7-13,22,27H,2,5-6H2,1,3-4H3. The molecule has 1 aromatic carbocycles. The molecule has 0 aliphatic heterocycles. The van der Waals surface area contributed by atoms with Crippen LogP contribution >= 0.6 is 11.6 Å². The van der Waals surface area contributed by atoms with Crippen LogP contribution in [0.2, 0.25) is 5.02 Å². The Morgan fingerprint density at radius 1 is 1.29 bits per heavy atom. The Bertz CT molecular complexity index is 1220. The van der Waals surface area contributed by atoms with Gasteiger partial charge in [-0.1, -0.05) is 31.5 Å². The molecular weight excluding hydrogens is 439 g/mol. The van der Waals surface area contributed by atoms with Crippen LogP contribution in [0.25, 0.3) is 11.4 Å². The van der Waals surface area contributed by atoms with Crippen LogP contribution in [0.3, 0.4) is 0 Å². The van der Waals surface area contributed by atoms with E-state index in [-0.39, 0.29) is 16.0 Å². The average molecular weight is 463 g/mol. The van der Waals surface area contributed by atoms with E-state index >= 15 is 0 Å². The number of nitrogens with zero attached hydrogens (tertiary/aromatic N) is 3. The summed E-state index contributed by atoms with van der Waals surface area (Å²) in [5.41, 5.74) is 3.63. The van der Waals surface area contributed by atoms with Crippen molar-refractivity contribution in [3.05, 3.63) is 77.1 Å². The highest BCUT2D eigenvalue weighted by Crippen LogP contribution is 2.27. The zero-order valence-corrected chi connectivity index (χ0v) is 19.1. The van der Waals surface area contributed by atoms with Gasteiger partial charge in [0.15, 0.2) is 9.84 Å². The summed E-state index contributed by atoms with van der Waals surface area (Å²) in [4.78, 5) is 4.28. The van der Waals surface area contributed by atoms with Crippen molar-refractivity contribution in [2.75, 3.05) is 6.26 Å². The topological polar surface area (TPSA) is 76.9 Å². The lowest BCUT2D eigenvalue weighted by Crippen LogP contribution is -2.20. The van der Waals surface area contributed by atoms with Gasteiger partial charge in [-0.2, -0.15) is 5.10 Å². The number of rotatable bonds is 8. The normalized spacial score (nSPS) is 12.5. The second-order valence-electron chi connectivity index (χ2n) is 7.34. The predicted molar refractivity (Wildman–Crippen MR) is 120 cm³/mol. The molecule has 0 saturated heterocycles. The third-order valence-corrected chi connectivity index (χ3v) is 6.34. The molecule has 1 atom stereocenters. The summed E-state index contributed by atoms with van der Waals surface area (Å²) in [7, 11) is -3.36. The molecule has 0 saturated carbocycles. The molecule has 31 heavy (non-hydrogen) atoms. The third-order valence-electron chi connectivity index (χ3n) is 4.97. The number of aromatic nitrogens is 3. The lowest BCUT2D eigenvalue weighted by molar-refractivity contribution is 0.567. The molecule has 2 aromatic heterocycles. The molecule has 3 rings (SSSR count). The number of hydrogen-bond donors (Lipinski definition) is 1. The van der Waals surface area contributed by atoms with Crippen LogP contribution < -0.4 is 5.32 Å². The highest BCUT2D eigenvalue weighted by atomic mass is 35.5. The molecule has 0 spiro atoms. The lowest BCUT2D eigenvalue weighted by Gasteiger charge is -2.21. The highest BCUT2D eigenvalue weighted by Gasteiger charge is 2.18. The molecule has 164 valence electrons. The Morgan fingerprint density at radius 3 is 2.68 bits per heavy atom. The second-order valence-corrected chi connectivity index (χ2v) is 9.77. The van der Waals surface area contributed by atoms with Gasteiger partial charge in [0.25, 0.3) is 0 Å². The van der Waals surface area contributed by atoms with E-state index in [0.717, 1.165) is 35.9 Å². The van der Waals surface area contributed by atoms with E-state index in [1.165, 1.54) is 18.3 Å². The first-order valence-corrected chi connectivity index (χ1v) is 12.0. The first-order valence-electron chi connectivity index (χ1n) is 9.72. The Labute approximate surface area is 186 Å². The van der Waals surface area contributed by atoms with Gasteiger partial charge in [-0.25, -0.2) is 17.5 Å². The molecule has 1 N–H and O–H groups in total. The summed E-state index contributed by atoms with van der Waals surface area (Å²) in [5, 5.41) is 7.80. The quantitative estimate of drug-likeness (QED) is 0.516. The van der Waals surface area contributed by atoms with Crippen molar-refractivity contribution in [1.29, 1.82) is 0 Å². The molecule has 0 fully saturated rings. The maximum Gasteiger partial charge on any atom is 0.177 e. The van der Waals surface area contributed by atoms with Gasteiger partial charge in [0.1, 0.15) is 5.82 Å².